The van der Waals surface area contributed by atoms with Gasteiger partial charge in [0.2, 0.25) is 10.0 Å². The van der Waals surface area contributed by atoms with Gasteiger partial charge in [-0.2, -0.15) is 0 Å². The molecule has 1 unspecified atom stereocenters. The number of rotatable bonds is 8. The number of nitrogens with zero attached hydrogens (tertiary/aromatic N) is 1. The van der Waals surface area contributed by atoms with Gasteiger partial charge in [-0.15, -0.1) is 0 Å². The maximum atomic E-state index is 12.1. The predicted molar refractivity (Wildman–Crippen MR) is 105 cm³/mol. The summed E-state index contributed by atoms with van der Waals surface area (Å²) in [5.41, 5.74) is 2.85. The van der Waals surface area contributed by atoms with Crippen molar-refractivity contribution in [2.24, 2.45) is 11.8 Å². The van der Waals surface area contributed by atoms with E-state index in [0.717, 1.165) is 23.2 Å². The van der Waals surface area contributed by atoms with Gasteiger partial charge in [0.25, 0.3) is 0 Å². The van der Waals surface area contributed by atoms with E-state index in [4.69, 9.17) is 0 Å². The van der Waals surface area contributed by atoms with Crippen molar-refractivity contribution < 1.29 is 8.42 Å². The molecule has 0 fully saturated rings. The second kappa shape index (κ2) is 8.88. The third kappa shape index (κ3) is 6.30. The van der Waals surface area contributed by atoms with Crippen LogP contribution in [0.5, 0.6) is 0 Å². The fraction of sp³-hybridized carbons (Fsp3) is 0.556. The van der Waals surface area contributed by atoms with Crippen molar-refractivity contribution in [3.05, 3.63) is 35.4 Å². The Morgan fingerprint density at radius 1 is 1.22 bits per heavy atom. The Bertz CT molecular complexity index is 638. The molecule has 5 heteroatoms. The summed E-state index contributed by atoms with van der Waals surface area (Å²) in [6.45, 7) is 9.06. The molecule has 0 spiro atoms. The average Bonchev–Trinajstić information content (AvgIpc) is 2.48. The number of benzene rings is 1. The Kier molecular flexibility index (Phi) is 7.81. The first-order valence-electron chi connectivity index (χ1n) is 8.04. The molecular weight excluding hydrogens is 374 g/mol. The van der Waals surface area contributed by atoms with E-state index >= 15 is 0 Å². The van der Waals surface area contributed by atoms with Crippen LogP contribution >= 0.6 is 15.9 Å². The van der Waals surface area contributed by atoms with Crippen LogP contribution in [0.2, 0.25) is 0 Å². The Hall–Kier alpha value is -0.810. The number of alkyl halides is 1. The monoisotopic (exact) mass is 401 g/mol. The quantitative estimate of drug-likeness (QED) is 0.570. The number of allylic oxidation sites excluding steroid dienone is 1. The molecule has 0 amide bonds. The molecule has 0 bridgehead atoms. The first-order valence-corrected chi connectivity index (χ1v) is 11.0. The molecule has 1 aromatic carbocycles. The van der Waals surface area contributed by atoms with E-state index in [9.17, 15) is 8.42 Å². The normalized spacial score (nSPS) is 13.7. The highest BCUT2D eigenvalue weighted by atomic mass is 79.9. The molecule has 0 aliphatic carbocycles. The van der Waals surface area contributed by atoms with Crippen molar-refractivity contribution in [2.75, 3.05) is 17.1 Å². The third-order valence-electron chi connectivity index (χ3n) is 3.91. The summed E-state index contributed by atoms with van der Waals surface area (Å²) in [6, 6.07) is 5.98. The van der Waals surface area contributed by atoms with E-state index in [0.29, 0.717) is 23.7 Å². The highest BCUT2D eigenvalue weighted by Crippen LogP contribution is 2.25. The van der Waals surface area contributed by atoms with Crippen molar-refractivity contribution in [1.29, 1.82) is 0 Å². The molecule has 130 valence electrons. The number of halogens is 1. The smallest absolute Gasteiger partial charge is 0.232 e. The van der Waals surface area contributed by atoms with Gasteiger partial charge in [0.15, 0.2) is 0 Å². The zero-order valence-corrected chi connectivity index (χ0v) is 17.1. The molecule has 0 N–H and O–H groups in total. The minimum Gasteiger partial charge on any atom is -0.270 e. The maximum absolute atomic E-state index is 12.1. The van der Waals surface area contributed by atoms with Gasteiger partial charge < -0.3 is 0 Å². The zero-order chi connectivity index (χ0) is 17.6. The van der Waals surface area contributed by atoms with Gasteiger partial charge in [-0.25, -0.2) is 8.42 Å². The molecule has 3 nitrogen and oxygen atoms in total. The molecule has 0 heterocycles. The number of anilines is 1. The first kappa shape index (κ1) is 20.2. The Labute approximate surface area is 150 Å². The lowest BCUT2D eigenvalue weighted by Crippen LogP contribution is -2.30. The molecule has 0 aliphatic heterocycles. The standard InChI is InChI=1S/C18H28BrNO2S/c1-6-9-20(23(5,21)22)18-11-16(10-17(12-18)13-19)8-7-15(4)14(2)3/h7-8,10-12,14-15H,6,9,13H2,1-5H3/b8-7-. The van der Waals surface area contributed by atoms with Crippen LogP contribution in [0, 0.1) is 11.8 Å². The van der Waals surface area contributed by atoms with Crippen LogP contribution in [0.4, 0.5) is 5.69 Å². The molecule has 0 radical (unpaired) electrons. The molecule has 1 rings (SSSR count). The zero-order valence-electron chi connectivity index (χ0n) is 14.7. The van der Waals surface area contributed by atoms with Crippen molar-refractivity contribution in [3.8, 4) is 0 Å². The Balaban J connectivity index is 3.26. The lowest BCUT2D eigenvalue weighted by molar-refractivity contribution is 0.506. The van der Waals surface area contributed by atoms with Crippen molar-refractivity contribution >= 4 is 37.7 Å². The van der Waals surface area contributed by atoms with Gasteiger partial charge in [0.1, 0.15) is 0 Å². The average molecular weight is 402 g/mol. The summed E-state index contributed by atoms with van der Waals surface area (Å²) in [7, 11) is -3.27. The molecule has 0 aromatic heterocycles. The largest absolute Gasteiger partial charge is 0.270 e. The summed E-state index contributed by atoms with van der Waals surface area (Å²) < 4.78 is 25.7. The minimum absolute atomic E-state index is 0.479. The molecule has 23 heavy (non-hydrogen) atoms. The van der Waals surface area contributed by atoms with E-state index in [1.807, 2.05) is 19.1 Å². The van der Waals surface area contributed by atoms with E-state index in [2.05, 4.69) is 54.9 Å². The summed E-state index contributed by atoms with van der Waals surface area (Å²) in [5.74, 6) is 1.06. The molecule has 0 saturated heterocycles. The summed E-state index contributed by atoms with van der Waals surface area (Å²) in [6.07, 6.45) is 6.32. The van der Waals surface area contributed by atoms with Crippen molar-refractivity contribution in [1.82, 2.24) is 0 Å². The Morgan fingerprint density at radius 3 is 2.35 bits per heavy atom. The molecule has 0 aliphatic rings. The molecule has 1 aromatic rings. The third-order valence-corrected chi connectivity index (χ3v) is 5.75. The number of sulfonamides is 1. The molecule has 1 atom stereocenters. The van der Waals surface area contributed by atoms with Crippen LogP contribution < -0.4 is 4.31 Å². The minimum atomic E-state index is -3.27. The van der Waals surface area contributed by atoms with E-state index in [1.165, 1.54) is 10.6 Å². The maximum Gasteiger partial charge on any atom is 0.232 e. The number of hydrogen-bond donors (Lipinski definition) is 0. The summed E-state index contributed by atoms with van der Waals surface area (Å²) >= 11 is 3.48. The van der Waals surface area contributed by atoms with Gasteiger partial charge in [-0.05, 0) is 41.5 Å². The predicted octanol–water partition coefficient (Wildman–Crippen LogP) is 5.06. The first-order chi connectivity index (χ1) is 10.7. The second-order valence-electron chi connectivity index (χ2n) is 6.36. The van der Waals surface area contributed by atoms with Crippen LogP contribution in [-0.4, -0.2) is 21.2 Å². The fourth-order valence-electron chi connectivity index (χ4n) is 2.19. The summed E-state index contributed by atoms with van der Waals surface area (Å²) in [4.78, 5) is 0. The molecular formula is C18H28BrNO2S. The topological polar surface area (TPSA) is 37.4 Å². The van der Waals surface area contributed by atoms with Crippen LogP contribution in [0.25, 0.3) is 6.08 Å². The molecule has 0 saturated carbocycles. The highest BCUT2D eigenvalue weighted by Gasteiger charge is 2.17. The van der Waals surface area contributed by atoms with Gasteiger partial charge in [0.05, 0.1) is 11.9 Å². The van der Waals surface area contributed by atoms with Crippen LogP contribution in [-0.2, 0) is 15.4 Å². The Morgan fingerprint density at radius 2 is 1.87 bits per heavy atom. The van der Waals surface area contributed by atoms with Crippen LogP contribution in [0.1, 0.15) is 45.2 Å². The van der Waals surface area contributed by atoms with Crippen LogP contribution in [0.15, 0.2) is 24.3 Å². The van der Waals surface area contributed by atoms with E-state index in [-0.39, 0.29) is 0 Å². The van der Waals surface area contributed by atoms with Gasteiger partial charge in [0, 0.05) is 11.9 Å². The van der Waals surface area contributed by atoms with E-state index < -0.39 is 10.0 Å². The van der Waals surface area contributed by atoms with Gasteiger partial charge >= 0.3 is 0 Å². The van der Waals surface area contributed by atoms with Gasteiger partial charge in [-0.3, -0.25) is 4.31 Å². The summed E-state index contributed by atoms with van der Waals surface area (Å²) in [5, 5.41) is 0.700. The highest BCUT2D eigenvalue weighted by molar-refractivity contribution is 9.08. The van der Waals surface area contributed by atoms with Crippen molar-refractivity contribution in [2.45, 2.75) is 39.4 Å². The second-order valence-corrected chi connectivity index (χ2v) is 8.83. The van der Waals surface area contributed by atoms with Gasteiger partial charge in [-0.1, -0.05) is 61.8 Å². The SMILES string of the molecule is CCCN(c1cc(/C=C\C(C)C(C)C)cc(CBr)c1)S(C)(=O)=O. The fourth-order valence-corrected chi connectivity index (χ4v) is 3.52. The lowest BCUT2D eigenvalue weighted by Gasteiger charge is -2.23. The van der Waals surface area contributed by atoms with Crippen LogP contribution in [0.3, 0.4) is 0 Å². The van der Waals surface area contributed by atoms with Crippen molar-refractivity contribution in [3.63, 3.8) is 0 Å². The number of hydrogen-bond acceptors (Lipinski definition) is 2. The lowest BCUT2D eigenvalue weighted by atomic mass is 9.96. The van der Waals surface area contributed by atoms with E-state index in [1.54, 1.807) is 0 Å².